The van der Waals surface area contributed by atoms with E-state index in [9.17, 15) is 0 Å². The maximum atomic E-state index is 8.83. The molecule has 1 aliphatic heterocycles. The van der Waals surface area contributed by atoms with E-state index in [0.29, 0.717) is 28.4 Å². The smallest absolute Gasteiger partial charge is 0.269 e. The second kappa shape index (κ2) is 12.5. The van der Waals surface area contributed by atoms with Crippen molar-refractivity contribution in [2.45, 2.75) is 13.1 Å². The number of nitrogens with zero attached hydrogens (tertiary/aromatic N) is 4. The van der Waals surface area contributed by atoms with Crippen LogP contribution in [-0.4, -0.2) is 22.2 Å². The molecule has 0 saturated heterocycles. The van der Waals surface area contributed by atoms with Gasteiger partial charge in [-0.15, -0.1) is 0 Å². The van der Waals surface area contributed by atoms with Gasteiger partial charge in [0.05, 0.1) is 47.1 Å². The van der Waals surface area contributed by atoms with Crippen LogP contribution in [0.25, 0.3) is 72.3 Å². The summed E-state index contributed by atoms with van der Waals surface area (Å²) in [5.41, 5.74) is 4.85. The Labute approximate surface area is 340 Å². The van der Waals surface area contributed by atoms with Crippen molar-refractivity contribution in [3.05, 3.63) is 188 Å². The molecule has 5 nitrogen and oxygen atoms in total. The van der Waals surface area contributed by atoms with E-state index in [4.69, 9.17) is 23.4 Å². The van der Waals surface area contributed by atoms with Crippen LogP contribution in [0.5, 0.6) is 11.5 Å². The van der Waals surface area contributed by atoms with Crippen LogP contribution in [0.2, 0.25) is 13.1 Å². The molecule has 0 amide bonds. The van der Waals surface area contributed by atoms with Crippen LogP contribution < -0.4 is 19.7 Å². The number of rotatable bonds is 6. The maximum Gasteiger partial charge on any atom is 0.269 e. The average molecular weight is 747 g/mol. The lowest BCUT2D eigenvalue weighted by molar-refractivity contribution is -0.572. The molecule has 4 heterocycles. The van der Waals surface area contributed by atoms with Crippen molar-refractivity contribution in [3.8, 4) is 50.9 Å². The van der Waals surface area contributed by atoms with Gasteiger partial charge in [0.1, 0.15) is 25.4 Å². The molecular formula is C50H36N4OSi. The second-order valence-electron chi connectivity index (χ2n) is 14.3. The molecule has 1 aliphatic rings. The summed E-state index contributed by atoms with van der Waals surface area (Å²) in [6, 6.07) is 31.9. The third-order valence-corrected chi connectivity index (χ3v) is 14.2. The summed E-state index contributed by atoms with van der Waals surface area (Å²) >= 11 is 0. The van der Waals surface area contributed by atoms with Crippen molar-refractivity contribution >= 4 is 51.3 Å². The van der Waals surface area contributed by atoms with Gasteiger partial charge in [0.15, 0.2) is 0 Å². The van der Waals surface area contributed by atoms with E-state index in [-0.39, 0.29) is 22.3 Å². The minimum Gasteiger partial charge on any atom is -0.458 e. The molecule has 0 radical (unpaired) electrons. The fourth-order valence-corrected chi connectivity index (χ4v) is 11.0. The second-order valence-corrected chi connectivity index (χ2v) is 18.7. The largest absolute Gasteiger partial charge is 0.458 e. The SMILES string of the molecule is [2H]c1c([2H])c([2H])c(-c2cc(-c3c([2H])c([2H])c([2H])c([2H])c3[2H])cc(-[n+]3[c-]n(-c4cccc(Oc5ccc6c7cccc8c7n(c6c5)-c5ncccc5[Si]8(C)C)c4)c4ccccc43)c2)c([2H])c1[2H]. The molecule has 10 aromatic rings. The minimum absolute atomic E-state index is 0.104. The van der Waals surface area contributed by atoms with Crippen LogP contribution in [0.4, 0.5) is 0 Å². The molecular weight excluding hydrogens is 701 g/mol. The van der Waals surface area contributed by atoms with Crippen LogP contribution in [0.1, 0.15) is 13.7 Å². The van der Waals surface area contributed by atoms with Gasteiger partial charge in [-0.1, -0.05) is 128 Å². The highest BCUT2D eigenvalue weighted by molar-refractivity contribution is 7.02. The monoisotopic (exact) mass is 746 g/mol. The first-order valence-electron chi connectivity index (χ1n) is 23.2. The number of imidazole rings is 1. The Morgan fingerprint density at radius 2 is 1.34 bits per heavy atom. The molecule has 3 aromatic heterocycles. The van der Waals surface area contributed by atoms with Gasteiger partial charge in [-0.2, -0.15) is 0 Å². The Kier molecular flexibility index (Phi) is 5.30. The lowest BCUT2D eigenvalue weighted by atomic mass is 9.98. The van der Waals surface area contributed by atoms with Gasteiger partial charge in [0.25, 0.3) is 6.33 Å². The molecule has 0 atom stereocenters. The zero-order chi connectivity index (χ0) is 46.1. The molecule has 0 saturated carbocycles. The number of para-hydroxylation sites is 3. The number of aromatic nitrogens is 4. The number of pyridine rings is 1. The lowest BCUT2D eigenvalue weighted by Gasteiger charge is -2.31. The van der Waals surface area contributed by atoms with E-state index >= 15 is 0 Å². The number of ether oxygens (including phenoxy) is 1. The highest BCUT2D eigenvalue weighted by Crippen LogP contribution is 2.37. The van der Waals surface area contributed by atoms with Crippen LogP contribution in [0.15, 0.2) is 182 Å². The van der Waals surface area contributed by atoms with Crippen LogP contribution >= 0.6 is 0 Å². The fraction of sp³-hybridized carbons (Fsp3) is 0.0400. The molecule has 0 N–H and O–H groups in total. The third-order valence-electron chi connectivity index (χ3n) is 10.7. The molecule has 266 valence electrons. The predicted octanol–water partition coefficient (Wildman–Crippen LogP) is 10.5. The zero-order valence-corrected chi connectivity index (χ0v) is 31.2. The standard InChI is InChI=1S/C50H36N4OSi/c1-56(2)47-23-12-20-43-42-26-25-41(32-46(42)54(49(43)47)50-48(56)24-13-27-51-50)55-40-19-11-18-38(31-40)52-33-53(45-22-10-9-21-44(45)52)39-29-36(34-14-5-3-6-15-34)28-37(30-39)35-16-7-4-8-17-35/h3-32H,1-2H3/i3D,4D,5D,6D,7D,8D,14D,15D,16D,17D. The summed E-state index contributed by atoms with van der Waals surface area (Å²) in [6.45, 7) is 4.75. The van der Waals surface area contributed by atoms with Crippen molar-refractivity contribution < 1.29 is 23.0 Å². The van der Waals surface area contributed by atoms with Gasteiger partial charge in [0, 0.05) is 23.0 Å². The Morgan fingerprint density at radius 1 is 0.625 bits per heavy atom. The quantitative estimate of drug-likeness (QED) is 0.0965. The zero-order valence-electron chi connectivity index (χ0n) is 40.2. The summed E-state index contributed by atoms with van der Waals surface area (Å²) < 4.78 is 97.9. The molecule has 56 heavy (non-hydrogen) atoms. The minimum atomic E-state index is -2.03. The summed E-state index contributed by atoms with van der Waals surface area (Å²) in [5.74, 6) is 2.16. The van der Waals surface area contributed by atoms with E-state index in [0.717, 1.165) is 22.2 Å². The highest BCUT2D eigenvalue weighted by Gasteiger charge is 2.37. The molecule has 0 aliphatic carbocycles. The topological polar surface area (TPSA) is 35.9 Å². The van der Waals surface area contributed by atoms with Crippen molar-refractivity contribution in [2.24, 2.45) is 0 Å². The molecule has 0 fully saturated rings. The van der Waals surface area contributed by atoms with E-state index < -0.39 is 68.5 Å². The van der Waals surface area contributed by atoms with Gasteiger partial charge in [0.2, 0.25) is 0 Å². The summed E-state index contributed by atoms with van der Waals surface area (Å²) in [4.78, 5) is 4.92. The van der Waals surface area contributed by atoms with Gasteiger partial charge >= 0.3 is 0 Å². The van der Waals surface area contributed by atoms with E-state index in [1.165, 1.54) is 27.3 Å². The van der Waals surface area contributed by atoms with Crippen LogP contribution in [-0.2, 0) is 0 Å². The van der Waals surface area contributed by atoms with E-state index in [2.05, 4.69) is 60.4 Å². The maximum absolute atomic E-state index is 8.83. The molecule has 7 aromatic carbocycles. The highest BCUT2D eigenvalue weighted by atomic mass is 28.3. The Morgan fingerprint density at radius 3 is 2.12 bits per heavy atom. The fourth-order valence-electron chi connectivity index (χ4n) is 8.13. The van der Waals surface area contributed by atoms with Crippen molar-refractivity contribution in [3.63, 3.8) is 0 Å². The molecule has 0 spiro atoms. The molecule has 6 heteroatoms. The summed E-state index contributed by atoms with van der Waals surface area (Å²) in [7, 11) is -2.03. The van der Waals surface area contributed by atoms with Crippen LogP contribution in [0.3, 0.4) is 0 Å². The molecule has 11 rings (SSSR count). The van der Waals surface area contributed by atoms with Gasteiger partial charge in [-0.3, -0.25) is 13.7 Å². The number of benzene rings is 7. The van der Waals surface area contributed by atoms with Gasteiger partial charge in [-0.05, 0) is 87.2 Å². The first kappa shape index (κ1) is 23.7. The van der Waals surface area contributed by atoms with Crippen molar-refractivity contribution in [1.82, 2.24) is 14.1 Å². The number of fused-ring (bicyclic) bond motifs is 6. The van der Waals surface area contributed by atoms with Crippen molar-refractivity contribution in [2.75, 3.05) is 0 Å². The Balaban J connectivity index is 1.05. The first-order valence-corrected chi connectivity index (χ1v) is 21.2. The average Bonchev–Trinajstić information content (AvgIpc) is 3.88. The summed E-state index contributed by atoms with van der Waals surface area (Å²) in [6.07, 6.45) is 5.30. The number of hydrogen-bond acceptors (Lipinski definition) is 2. The van der Waals surface area contributed by atoms with Crippen LogP contribution in [0, 0.1) is 6.33 Å². The number of hydrogen-bond donors (Lipinski definition) is 0. The van der Waals surface area contributed by atoms with Crippen molar-refractivity contribution in [1.29, 1.82) is 0 Å². The normalized spacial score (nSPS) is 15.5. The Hall–Kier alpha value is -7.02. The third kappa shape index (κ3) is 5.07. The predicted molar refractivity (Wildman–Crippen MR) is 230 cm³/mol. The summed E-state index contributed by atoms with van der Waals surface area (Å²) in [5, 5.41) is 4.93. The van der Waals surface area contributed by atoms with E-state index in [1.807, 2.05) is 71.4 Å². The van der Waals surface area contributed by atoms with E-state index in [1.54, 1.807) is 16.7 Å². The van der Waals surface area contributed by atoms with Gasteiger partial charge < -0.3 is 4.74 Å². The molecule has 0 bridgehead atoms. The first-order chi connectivity index (χ1) is 31.6. The lowest BCUT2D eigenvalue weighted by Crippen LogP contribution is -2.57. The van der Waals surface area contributed by atoms with Gasteiger partial charge in [-0.25, -0.2) is 4.98 Å². The Bertz CT molecular complexity index is 3610. The molecule has 0 unspecified atom stereocenters.